The Morgan fingerprint density at radius 2 is 1.12 bits per heavy atom. The van der Waals surface area contributed by atoms with Crippen molar-refractivity contribution in [1.82, 2.24) is 19.5 Å². The zero-order valence-electron chi connectivity index (χ0n) is 22.2. The van der Waals surface area contributed by atoms with E-state index in [9.17, 15) is 0 Å². The zero-order valence-corrected chi connectivity index (χ0v) is 24.0. The number of nitrogens with zero attached hydrogens (tertiary/aromatic N) is 4. The van der Waals surface area contributed by atoms with Gasteiger partial charge in [0.2, 0.25) is 0 Å². The van der Waals surface area contributed by atoms with Crippen LogP contribution < -0.4 is 0 Å². The summed E-state index contributed by atoms with van der Waals surface area (Å²) >= 11 is 0.160. The van der Waals surface area contributed by atoms with Crippen LogP contribution in [0.1, 0.15) is 0 Å². The molecule has 5 aromatic heterocycles. The Bertz CT molecular complexity index is 2720. The molecule has 4 nitrogen and oxygen atoms in total. The molecule has 0 bridgehead atoms. The van der Waals surface area contributed by atoms with Gasteiger partial charge in [-0.1, -0.05) is 0 Å². The second-order valence-corrected chi connectivity index (χ2v) is 13.0. The van der Waals surface area contributed by atoms with Gasteiger partial charge in [-0.15, -0.1) is 0 Å². The van der Waals surface area contributed by atoms with Crippen LogP contribution in [0.15, 0.2) is 122 Å². The maximum absolute atomic E-state index is 5.19. The van der Waals surface area contributed by atoms with Crippen molar-refractivity contribution in [2.24, 2.45) is 0 Å². The summed E-state index contributed by atoms with van der Waals surface area (Å²) in [6, 6.07) is 36.9. The van der Waals surface area contributed by atoms with Crippen molar-refractivity contribution >= 4 is 99.0 Å². The van der Waals surface area contributed by atoms with E-state index in [0.29, 0.717) is 0 Å². The predicted octanol–water partition coefficient (Wildman–Crippen LogP) is 8.94. The van der Waals surface area contributed by atoms with Gasteiger partial charge in [0, 0.05) is 0 Å². The van der Waals surface area contributed by atoms with Crippen LogP contribution in [0, 0.1) is 0 Å². The Morgan fingerprint density at radius 1 is 0.500 bits per heavy atom. The molecule has 5 aromatic carbocycles. The molecule has 0 radical (unpaired) electrons. The molecule has 0 saturated carbocycles. The van der Waals surface area contributed by atoms with Crippen LogP contribution in [0.3, 0.4) is 0 Å². The van der Waals surface area contributed by atoms with Crippen molar-refractivity contribution in [2.45, 2.75) is 0 Å². The third-order valence-corrected chi connectivity index (χ3v) is 11.2. The maximum atomic E-state index is 5.19. The van der Waals surface area contributed by atoms with Gasteiger partial charge in [0.1, 0.15) is 0 Å². The van der Waals surface area contributed by atoms with Gasteiger partial charge >= 0.3 is 246 Å². The van der Waals surface area contributed by atoms with Crippen LogP contribution >= 0.6 is 0 Å². The molecular formula is C37H20N4Se. The molecule has 10 aromatic rings. The molecule has 5 heterocycles. The van der Waals surface area contributed by atoms with E-state index in [1.54, 1.807) is 0 Å². The van der Waals surface area contributed by atoms with Crippen LogP contribution in [-0.4, -0.2) is 34.0 Å². The molecular weight excluding hydrogens is 579 g/mol. The molecule has 0 spiro atoms. The fourth-order valence-electron chi connectivity index (χ4n) is 6.99. The molecule has 0 atom stereocenters. The molecule has 42 heavy (non-hydrogen) atoms. The number of rotatable bonds is 1. The minimum absolute atomic E-state index is 0.160. The van der Waals surface area contributed by atoms with Crippen LogP contribution in [0.2, 0.25) is 0 Å². The molecule has 10 rings (SSSR count). The SMILES string of the molecule is c1ccc2c(c1)[se]c1c3ncccc3c3c4ncccc4n(-c4cc5c6ccccc6c6ccccc6c5cn4)c3c21. The van der Waals surface area contributed by atoms with Crippen LogP contribution in [-0.2, 0) is 0 Å². The van der Waals surface area contributed by atoms with Gasteiger partial charge in [0.15, 0.2) is 0 Å². The van der Waals surface area contributed by atoms with Gasteiger partial charge in [-0.3, -0.25) is 0 Å². The van der Waals surface area contributed by atoms with E-state index >= 15 is 0 Å². The molecule has 194 valence electrons. The fourth-order valence-corrected chi connectivity index (χ4v) is 9.54. The average Bonchev–Trinajstić information content (AvgIpc) is 3.61. The van der Waals surface area contributed by atoms with Gasteiger partial charge in [0.25, 0.3) is 0 Å². The Morgan fingerprint density at radius 3 is 1.90 bits per heavy atom. The monoisotopic (exact) mass is 600 g/mol. The number of hydrogen-bond donors (Lipinski definition) is 0. The van der Waals surface area contributed by atoms with E-state index in [1.807, 2.05) is 24.5 Å². The van der Waals surface area contributed by atoms with E-state index in [1.165, 1.54) is 57.1 Å². The molecule has 0 fully saturated rings. The molecule has 5 heteroatoms. The van der Waals surface area contributed by atoms with Gasteiger partial charge in [-0.2, -0.15) is 0 Å². The predicted molar refractivity (Wildman–Crippen MR) is 176 cm³/mol. The Hall–Kier alpha value is -5.09. The van der Waals surface area contributed by atoms with Crippen molar-refractivity contribution in [3.8, 4) is 5.82 Å². The molecule has 0 saturated heterocycles. The van der Waals surface area contributed by atoms with E-state index < -0.39 is 0 Å². The minimum atomic E-state index is 0.160. The Labute approximate surface area is 245 Å². The zero-order chi connectivity index (χ0) is 27.4. The number of fused-ring (bicyclic) bond motifs is 16. The van der Waals surface area contributed by atoms with E-state index in [0.717, 1.165) is 33.1 Å². The number of aromatic nitrogens is 4. The summed E-state index contributed by atoms with van der Waals surface area (Å²) in [5.74, 6) is 0.901. The summed E-state index contributed by atoms with van der Waals surface area (Å²) in [7, 11) is 0. The Kier molecular flexibility index (Phi) is 4.43. The van der Waals surface area contributed by atoms with Gasteiger partial charge in [0.05, 0.1) is 0 Å². The van der Waals surface area contributed by atoms with Crippen LogP contribution in [0.25, 0.3) is 90.3 Å². The first-order chi connectivity index (χ1) is 20.9. The van der Waals surface area contributed by atoms with Crippen LogP contribution in [0.4, 0.5) is 0 Å². The summed E-state index contributed by atoms with van der Waals surface area (Å²) in [5.41, 5.74) is 4.29. The van der Waals surface area contributed by atoms with E-state index in [4.69, 9.17) is 15.0 Å². The molecule has 0 amide bonds. The summed E-state index contributed by atoms with van der Waals surface area (Å²) in [4.78, 5) is 15.1. The van der Waals surface area contributed by atoms with E-state index in [-0.39, 0.29) is 14.5 Å². The topological polar surface area (TPSA) is 43.6 Å². The van der Waals surface area contributed by atoms with Crippen LogP contribution in [0.5, 0.6) is 0 Å². The summed E-state index contributed by atoms with van der Waals surface area (Å²) in [6.45, 7) is 0. The van der Waals surface area contributed by atoms with Crippen molar-refractivity contribution in [1.29, 1.82) is 0 Å². The standard InChI is InChI=1S/C37H20N4Se/c1-3-11-23-21(9-1)22-10-2-4-12-24(22)28-20-40-31(19-27(23)28)41-29-15-8-18-39-35(29)32-26-14-7-17-38-34(26)37-33(36(32)41)25-13-5-6-16-30(25)42-37/h1-20H. The first-order valence-electron chi connectivity index (χ1n) is 14.0. The second-order valence-electron chi connectivity index (χ2n) is 10.8. The Balaban J connectivity index is 1.46. The van der Waals surface area contributed by atoms with Crippen molar-refractivity contribution in [3.63, 3.8) is 0 Å². The quantitative estimate of drug-likeness (QED) is 0.140. The van der Waals surface area contributed by atoms with Crippen molar-refractivity contribution in [2.75, 3.05) is 0 Å². The summed E-state index contributed by atoms with van der Waals surface area (Å²) in [5, 5.41) is 12.2. The normalized spacial score (nSPS) is 12.3. The molecule has 0 unspecified atom stereocenters. The third-order valence-electron chi connectivity index (χ3n) is 8.69. The third kappa shape index (κ3) is 2.84. The van der Waals surface area contributed by atoms with Gasteiger partial charge in [-0.25, -0.2) is 0 Å². The first-order valence-corrected chi connectivity index (χ1v) is 15.7. The van der Waals surface area contributed by atoms with E-state index in [2.05, 4.69) is 102 Å². The van der Waals surface area contributed by atoms with Crippen molar-refractivity contribution in [3.05, 3.63) is 122 Å². The number of pyridine rings is 3. The molecule has 0 N–H and O–H groups in total. The number of benzene rings is 5. The molecule has 0 aliphatic carbocycles. The summed E-state index contributed by atoms with van der Waals surface area (Å²) in [6.07, 6.45) is 5.88. The van der Waals surface area contributed by atoms with Gasteiger partial charge in [-0.05, 0) is 0 Å². The number of hydrogen-bond acceptors (Lipinski definition) is 3. The van der Waals surface area contributed by atoms with Gasteiger partial charge < -0.3 is 0 Å². The summed E-state index contributed by atoms with van der Waals surface area (Å²) < 4.78 is 5.09. The molecule has 0 aliphatic heterocycles. The average molecular weight is 600 g/mol. The first kappa shape index (κ1) is 22.6. The van der Waals surface area contributed by atoms with Crippen molar-refractivity contribution < 1.29 is 0 Å². The molecule has 0 aliphatic rings. The second kappa shape index (κ2) is 8.23. The fraction of sp³-hybridized carbons (Fsp3) is 0.